The highest BCUT2D eigenvalue weighted by Gasteiger charge is 2.17. The molecule has 0 aliphatic rings. The maximum absolute atomic E-state index is 12.4. The molecule has 0 radical (unpaired) electrons. The van der Waals surface area contributed by atoms with Gasteiger partial charge in [0.25, 0.3) is 11.5 Å². The van der Waals surface area contributed by atoms with Crippen molar-refractivity contribution in [2.45, 2.75) is 6.61 Å². The molecule has 0 aliphatic heterocycles. The fourth-order valence-corrected chi connectivity index (χ4v) is 2.24. The summed E-state index contributed by atoms with van der Waals surface area (Å²) in [5.74, 6) is -0.281. The number of ether oxygens (including phenoxy) is 1. The van der Waals surface area contributed by atoms with Gasteiger partial charge in [0, 0.05) is 39.4 Å². The van der Waals surface area contributed by atoms with E-state index >= 15 is 0 Å². The molecule has 4 N–H and O–H groups in total. The van der Waals surface area contributed by atoms with E-state index in [2.05, 4.69) is 10.6 Å². The number of aromatic nitrogens is 1. The number of aryl methyl sites for hydroxylation is 1. The maximum atomic E-state index is 12.4. The molecule has 0 atom stereocenters. The van der Waals surface area contributed by atoms with E-state index in [0.29, 0.717) is 26.2 Å². The van der Waals surface area contributed by atoms with Crippen molar-refractivity contribution in [2.24, 2.45) is 12.8 Å². The summed E-state index contributed by atoms with van der Waals surface area (Å²) in [5, 5.41) is 5.86. The van der Waals surface area contributed by atoms with E-state index in [-0.39, 0.29) is 29.4 Å². The van der Waals surface area contributed by atoms with Crippen LogP contribution in [0, 0.1) is 0 Å². The Balaban J connectivity index is 2.08. The number of rotatable bonds is 9. The van der Waals surface area contributed by atoms with Crippen LogP contribution in [0.4, 0.5) is 0 Å². The molecule has 25 heavy (non-hydrogen) atoms. The second kappa shape index (κ2) is 9.61. The topological polar surface area (TPSA) is 98.4 Å². The highest BCUT2D eigenvalue weighted by atomic mass is 16.5. The van der Waals surface area contributed by atoms with Gasteiger partial charge in [-0.15, -0.1) is 0 Å². The fourth-order valence-electron chi connectivity index (χ4n) is 2.24. The Labute approximate surface area is 146 Å². The number of nitrogens with zero attached hydrogens (tertiary/aromatic N) is 1. The van der Waals surface area contributed by atoms with Crippen LogP contribution in [-0.4, -0.2) is 36.7 Å². The molecule has 0 unspecified atom stereocenters. The first-order valence-corrected chi connectivity index (χ1v) is 8.19. The molecule has 7 nitrogen and oxygen atoms in total. The van der Waals surface area contributed by atoms with E-state index in [0.717, 1.165) is 5.56 Å². The number of amides is 1. The molecule has 2 rings (SSSR count). The molecule has 0 fully saturated rings. The molecule has 1 amide bonds. The van der Waals surface area contributed by atoms with Gasteiger partial charge in [-0.05, 0) is 11.6 Å². The first-order valence-electron chi connectivity index (χ1n) is 8.19. The lowest BCUT2D eigenvalue weighted by molar-refractivity contribution is 0.0948. The third-order valence-electron chi connectivity index (χ3n) is 3.60. The molecule has 0 saturated carbocycles. The quantitative estimate of drug-likeness (QED) is 0.566. The molecule has 7 heteroatoms. The highest BCUT2D eigenvalue weighted by molar-refractivity contribution is 5.96. The molecule has 0 aliphatic carbocycles. The number of pyridine rings is 1. The van der Waals surface area contributed by atoms with Crippen LogP contribution in [0.3, 0.4) is 0 Å². The van der Waals surface area contributed by atoms with Crippen molar-refractivity contribution in [3.63, 3.8) is 0 Å². The van der Waals surface area contributed by atoms with E-state index in [1.54, 1.807) is 19.3 Å². The summed E-state index contributed by atoms with van der Waals surface area (Å²) in [6.45, 7) is 2.49. The number of nitrogens with two attached hydrogens (primary N) is 1. The average molecular weight is 344 g/mol. The number of carbonyl (C=O) groups is 1. The van der Waals surface area contributed by atoms with E-state index in [4.69, 9.17) is 10.5 Å². The minimum absolute atomic E-state index is 0.0567. The highest BCUT2D eigenvalue weighted by Crippen LogP contribution is 2.14. The van der Waals surface area contributed by atoms with Gasteiger partial charge in [0.1, 0.15) is 6.61 Å². The molecule has 1 aromatic heterocycles. The van der Waals surface area contributed by atoms with Gasteiger partial charge in [0.15, 0.2) is 5.75 Å². The van der Waals surface area contributed by atoms with E-state index in [1.807, 2.05) is 30.3 Å². The first-order chi connectivity index (χ1) is 12.1. The van der Waals surface area contributed by atoms with Crippen molar-refractivity contribution in [3.8, 4) is 5.75 Å². The number of carbonyl (C=O) groups excluding carboxylic acids is 1. The van der Waals surface area contributed by atoms with Gasteiger partial charge >= 0.3 is 0 Å². The van der Waals surface area contributed by atoms with Crippen LogP contribution in [-0.2, 0) is 13.7 Å². The smallest absolute Gasteiger partial charge is 0.293 e. The summed E-state index contributed by atoms with van der Waals surface area (Å²) in [7, 11) is 1.62. The summed E-state index contributed by atoms with van der Waals surface area (Å²) in [5.41, 5.74) is 6.20. The SMILES string of the molecule is Cn1ccc(C(=O)NCCNCCN)c(OCc2ccccc2)c1=O. The van der Waals surface area contributed by atoms with Gasteiger partial charge < -0.3 is 25.7 Å². The van der Waals surface area contributed by atoms with Crippen molar-refractivity contribution in [3.05, 3.63) is 64.1 Å². The zero-order valence-corrected chi connectivity index (χ0v) is 14.3. The molecule has 1 aromatic carbocycles. The van der Waals surface area contributed by atoms with Gasteiger partial charge in [-0.1, -0.05) is 30.3 Å². The Morgan fingerprint density at radius 1 is 1.16 bits per heavy atom. The van der Waals surface area contributed by atoms with Crippen LogP contribution >= 0.6 is 0 Å². The zero-order valence-electron chi connectivity index (χ0n) is 14.3. The van der Waals surface area contributed by atoms with Crippen molar-refractivity contribution < 1.29 is 9.53 Å². The van der Waals surface area contributed by atoms with Gasteiger partial charge in [0.05, 0.1) is 5.56 Å². The first kappa shape index (κ1) is 18.7. The lowest BCUT2D eigenvalue weighted by atomic mass is 10.2. The largest absolute Gasteiger partial charge is 0.482 e. The fraction of sp³-hybridized carbons (Fsp3) is 0.333. The Morgan fingerprint density at radius 3 is 2.64 bits per heavy atom. The molecular weight excluding hydrogens is 320 g/mol. The molecule has 1 heterocycles. The molecule has 0 saturated heterocycles. The maximum Gasteiger partial charge on any atom is 0.293 e. The predicted octanol–water partition coefficient (Wildman–Crippen LogP) is 0.242. The Kier molecular flexibility index (Phi) is 7.18. The summed E-state index contributed by atoms with van der Waals surface area (Å²) in [6.07, 6.45) is 1.55. The number of nitrogens with one attached hydrogen (secondary N) is 2. The zero-order chi connectivity index (χ0) is 18.1. The van der Waals surface area contributed by atoms with Crippen molar-refractivity contribution in [1.82, 2.24) is 15.2 Å². The lowest BCUT2D eigenvalue weighted by Gasteiger charge is -2.12. The summed E-state index contributed by atoms with van der Waals surface area (Å²) in [6, 6.07) is 11.1. The summed E-state index contributed by atoms with van der Waals surface area (Å²) < 4.78 is 7.06. The minimum Gasteiger partial charge on any atom is -0.482 e. The summed E-state index contributed by atoms with van der Waals surface area (Å²) in [4.78, 5) is 24.7. The van der Waals surface area contributed by atoms with Crippen LogP contribution < -0.4 is 26.7 Å². The van der Waals surface area contributed by atoms with Crippen LogP contribution in [0.5, 0.6) is 5.75 Å². The van der Waals surface area contributed by atoms with E-state index in [1.165, 1.54) is 4.57 Å². The predicted molar refractivity (Wildman–Crippen MR) is 96.7 cm³/mol. The number of benzene rings is 1. The van der Waals surface area contributed by atoms with Gasteiger partial charge in [0.2, 0.25) is 0 Å². The van der Waals surface area contributed by atoms with Crippen LogP contribution in [0.15, 0.2) is 47.4 Å². The monoisotopic (exact) mass is 344 g/mol. The van der Waals surface area contributed by atoms with E-state index in [9.17, 15) is 9.59 Å². The average Bonchev–Trinajstić information content (AvgIpc) is 2.63. The van der Waals surface area contributed by atoms with E-state index < -0.39 is 0 Å². The molecule has 0 spiro atoms. The molecule has 2 aromatic rings. The van der Waals surface area contributed by atoms with Crippen molar-refractivity contribution in [1.29, 1.82) is 0 Å². The third-order valence-corrected chi connectivity index (χ3v) is 3.60. The van der Waals surface area contributed by atoms with Gasteiger partial charge in [-0.2, -0.15) is 0 Å². The Bertz CT molecular complexity index is 744. The number of hydrogen-bond donors (Lipinski definition) is 3. The Hall–Kier alpha value is -2.64. The lowest BCUT2D eigenvalue weighted by Crippen LogP contribution is -2.35. The number of hydrogen-bond acceptors (Lipinski definition) is 5. The van der Waals surface area contributed by atoms with Crippen molar-refractivity contribution >= 4 is 5.91 Å². The standard InChI is InChI=1S/C18H24N4O3/c1-22-12-7-15(17(23)21-11-10-20-9-8-19)16(18(22)24)25-13-14-5-3-2-4-6-14/h2-7,12,20H,8-11,13,19H2,1H3,(H,21,23). The van der Waals surface area contributed by atoms with Gasteiger partial charge in [-0.25, -0.2) is 0 Å². The Morgan fingerprint density at radius 2 is 1.92 bits per heavy atom. The summed E-state index contributed by atoms with van der Waals surface area (Å²) >= 11 is 0. The third kappa shape index (κ3) is 5.44. The minimum atomic E-state index is -0.343. The van der Waals surface area contributed by atoms with Crippen LogP contribution in [0.2, 0.25) is 0 Å². The molecule has 0 bridgehead atoms. The van der Waals surface area contributed by atoms with Gasteiger partial charge in [-0.3, -0.25) is 9.59 Å². The second-order valence-corrected chi connectivity index (χ2v) is 5.54. The van der Waals surface area contributed by atoms with Crippen LogP contribution in [0.25, 0.3) is 0 Å². The molecule has 134 valence electrons. The van der Waals surface area contributed by atoms with Crippen molar-refractivity contribution in [2.75, 3.05) is 26.2 Å². The molecular formula is C18H24N4O3. The normalized spacial score (nSPS) is 10.5. The second-order valence-electron chi connectivity index (χ2n) is 5.54. The van der Waals surface area contributed by atoms with Crippen LogP contribution in [0.1, 0.15) is 15.9 Å².